The van der Waals surface area contributed by atoms with Crippen molar-refractivity contribution in [2.24, 2.45) is 0 Å². The second-order valence-electron chi connectivity index (χ2n) is 6.77. The smallest absolute Gasteiger partial charge is 0.233 e. The number of nitrogens with zero attached hydrogens (tertiary/aromatic N) is 2. The minimum atomic E-state index is 0.0717. The van der Waals surface area contributed by atoms with Crippen LogP contribution in [0.3, 0.4) is 0 Å². The molecule has 2 aromatic carbocycles. The van der Waals surface area contributed by atoms with E-state index in [1.54, 1.807) is 11.3 Å². The Morgan fingerprint density at radius 2 is 2.12 bits per heavy atom. The fraction of sp³-hybridized carbons (Fsp3) is 0.333. The van der Waals surface area contributed by atoms with Gasteiger partial charge in [-0.1, -0.05) is 47.7 Å². The minimum absolute atomic E-state index is 0.0717. The van der Waals surface area contributed by atoms with E-state index in [9.17, 15) is 4.79 Å². The van der Waals surface area contributed by atoms with Crippen LogP contribution in [0, 0.1) is 6.92 Å². The van der Waals surface area contributed by atoms with Crippen molar-refractivity contribution in [3.63, 3.8) is 0 Å². The van der Waals surface area contributed by atoms with Crippen LogP contribution in [-0.4, -0.2) is 30.1 Å². The number of rotatable bonds is 5. The Labute approximate surface area is 157 Å². The van der Waals surface area contributed by atoms with Crippen LogP contribution in [0.15, 0.2) is 48.5 Å². The van der Waals surface area contributed by atoms with E-state index < -0.39 is 0 Å². The lowest BCUT2D eigenvalue weighted by molar-refractivity contribution is -0.118. The van der Waals surface area contributed by atoms with E-state index in [0.29, 0.717) is 13.0 Å². The molecule has 1 saturated heterocycles. The fourth-order valence-electron chi connectivity index (χ4n) is 3.28. The highest BCUT2D eigenvalue weighted by molar-refractivity contribution is 7.22. The number of benzene rings is 2. The number of amides is 1. The average molecular weight is 366 g/mol. The van der Waals surface area contributed by atoms with Crippen LogP contribution in [-0.2, 0) is 16.0 Å². The summed E-state index contributed by atoms with van der Waals surface area (Å²) >= 11 is 1.58. The van der Waals surface area contributed by atoms with Crippen molar-refractivity contribution in [3.8, 4) is 0 Å². The molecule has 1 aliphatic rings. The lowest BCUT2D eigenvalue weighted by atomic mass is 10.1. The Morgan fingerprint density at radius 1 is 1.27 bits per heavy atom. The first-order valence-corrected chi connectivity index (χ1v) is 9.84. The number of ether oxygens (including phenoxy) is 1. The van der Waals surface area contributed by atoms with E-state index >= 15 is 0 Å². The SMILES string of the molecule is Cc1ccc2nc(N(CC3CCCO3)C(=O)Cc3ccccc3)sc2c1. The topological polar surface area (TPSA) is 42.4 Å². The van der Waals surface area contributed by atoms with Crippen LogP contribution >= 0.6 is 11.3 Å². The number of aryl methyl sites for hydroxylation is 1. The Bertz CT molecular complexity index is 901. The molecule has 0 radical (unpaired) electrons. The molecule has 1 fully saturated rings. The van der Waals surface area contributed by atoms with E-state index in [1.807, 2.05) is 41.3 Å². The number of anilines is 1. The zero-order valence-electron chi connectivity index (χ0n) is 14.9. The molecular weight excluding hydrogens is 344 g/mol. The summed E-state index contributed by atoms with van der Waals surface area (Å²) in [5.41, 5.74) is 3.17. The van der Waals surface area contributed by atoms with E-state index in [-0.39, 0.29) is 12.0 Å². The number of thiazole rings is 1. The first kappa shape index (κ1) is 17.2. The van der Waals surface area contributed by atoms with E-state index in [0.717, 1.165) is 40.4 Å². The Balaban J connectivity index is 1.63. The van der Waals surface area contributed by atoms with Gasteiger partial charge in [0.05, 0.1) is 29.3 Å². The summed E-state index contributed by atoms with van der Waals surface area (Å²) in [4.78, 5) is 19.6. The monoisotopic (exact) mass is 366 g/mol. The van der Waals surface area contributed by atoms with E-state index in [4.69, 9.17) is 9.72 Å². The predicted octanol–water partition coefficient (Wildman–Crippen LogP) is 4.36. The maximum absolute atomic E-state index is 13.1. The van der Waals surface area contributed by atoms with Gasteiger partial charge in [-0.2, -0.15) is 0 Å². The largest absolute Gasteiger partial charge is 0.376 e. The molecule has 0 spiro atoms. The maximum atomic E-state index is 13.1. The number of carbonyl (C=O) groups excluding carboxylic acids is 1. The van der Waals surface area contributed by atoms with Crippen molar-refractivity contribution in [2.75, 3.05) is 18.1 Å². The molecule has 0 aliphatic carbocycles. The Morgan fingerprint density at radius 3 is 2.88 bits per heavy atom. The van der Waals surface area contributed by atoms with Gasteiger partial charge in [0.25, 0.3) is 0 Å². The lowest BCUT2D eigenvalue weighted by Gasteiger charge is -2.23. The Kier molecular flexibility index (Phi) is 5.00. The van der Waals surface area contributed by atoms with Crippen molar-refractivity contribution in [3.05, 3.63) is 59.7 Å². The van der Waals surface area contributed by atoms with Crippen LogP contribution in [0.4, 0.5) is 5.13 Å². The fourth-order valence-corrected chi connectivity index (χ4v) is 4.37. The lowest BCUT2D eigenvalue weighted by Crippen LogP contribution is -2.38. The molecule has 2 heterocycles. The molecule has 1 aliphatic heterocycles. The third-order valence-electron chi connectivity index (χ3n) is 4.67. The molecule has 1 unspecified atom stereocenters. The molecule has 5 heteroatoms. The van der Waals surface area contributed by atoms with Gasteiger partial charge in [-0.3, -0.25) is 9.69 Å². The number of hydrogen-bond donors (Lipinski definition) is 0. The number of carbonyl (C=O) groups is 1. The molecule has 4 nitrogen and oxygen atoms in total. The average Bonchev–Trinajstić information content (AvgIpc) is 3.29. The molecule has 0 N–H and O–H groups in total. The summed E-state index contributed by atoms with van der Waals surface area (Å²) in [5.74, 6) is 0.0717. The van der Waals surface area contributed by atoms with Gasteiger partial charge in [0, 0.05) is 6.61 Å². The maximum Gasteiger partial charge on any atom is 0.233 e. The molecule has 0 bridgehead atoms. The van der Waals surface area contributed by atoms with Gasteiger partial charge >= 0.3 is 0 Å². The first-order valence-electron chi connectivity index (χ1n) is 9.02. The summed E-state index contributed by atoms with van der Waals surface area (Å²) in [6, 6.07) is 16.1. The molecular formula is C21H22N2O2S. The second kappa shape index (κ2) is 7.56. The van der Waals surface area contributed by atoms with Crippen molar-refractivity contribution in [1.82, 2.24) is 4.98 Å². The highest BCUT2D eigenvalue weighted by Gasteiger charge is 2.26. The van der Waals surface area contributed by atoms with Crippen LogP contribution in [0.5, 0.6) is 0 Å². The number of hydrogen-bond acceptors (Lipinski definition) is 4. The van der Waals surface area contributed by atoms with Gasteiger partial charge in [-0.15, -0.1) is 0 Å². The summed E-state index contributed by atoms with van der Waals surface area (Å²) in [5, 5.41) is 0.766. The van der Waals surface area contributed by atoms with Crippen LogP contribution < -0.4 is 4.90 Å². The molecule has 4 rings (SSSR count). The van der Waals surface area contributed by atoms with Crippen LogP contribution in [0.25, 0.3) is 10.2 Å². The van der Waals surface area contributed by atoms with Crippen molar-refractivity contribution < 1.29 is 9.53 Å². The second-order valence-corrected chi connectivity index (χ2v) is 7.78. The van der Waals surface area contributed by atoms with Gasteiger partial charge in [0.2, 0.25) is 5.91 Å². The minimum Gasteiger partial charge on any atom is -0.376 e. The van der Waals surface area contributed by atoms with Crippen molar-refractivity contribution in [1.29, 1.82) is 0 Å². The standard InChI is InChI=1S/C21H22N2O2S/c1-15-9-10-18-19(12-15)26-21(22-18)23(14-17-8-5-11-25-17)20(24)13-16-6-3-2-4-7-16/h2-4,6-7,9-10,12,17H,5,8,11,13-14H2,1H3. The number of fused-ring (bicyclic) bond motifs is 1. The third kappa shape index (κ3) is 3.79. The summed E-state index contributed by atoms with van der Waals surface area (Å²) in [6.07, 6.45) is 2.54. The molecule has 1 aromatic heterocycles. The summed E-state index contributed by atoms with van der Waals surface area (Å²) in [6.45, 7) is 3.43. The normalized spacial score (nSPS) is 16.9. The van der Waals surface area contributed by atoms with Crippen LogP contribution in [0.1, 0.15) is 24.0 Å². The summed E-state index contributed by atoms with van der Waals surface area (Å²) < 4.78 is 6.90. The van der Waals surface area contributed by atoms with Crippen LogP contribution in [0.2, 0.25) is 0 Å². The van der Waals surface area contributed by atoms with Gasteiger partial charge in [0.15, 0.2) is 5.13 Å². The zero-order chi connectivity index (χ0) is 17.9. The highest BCUT2D eigenvalue weighted by Crippen LogP contribution is 2.31. The van der Waals surface area contributed by atoms with Gasteiger partial charge in [-0.05, 0) is 43.0 Å². The molecule has 3 aromatic rings. The highest BCUT2D eigenvalue weighted by atomic mass is 32.1. The third-order valence-corrected chi connectivity index (χ3v) is 5.71. The quantitative estimate of drug-likeness (QED) is 0.674. The zero-order valence-corrected chi connectivity index (χ0v) is 15.7. The molecule has 26 heavy (non-hydrogen) atoms. The molecule has 1 atom stereocenters. The molecule has 134 valence electrons. The number of aromatic nitrogens is 1. The Hall–Kier alpha value is -2.24. The van der Waals surface area contributed by atoms with Gasteiger partial charge in [-0.25, -0.2) is 4.98 Å². The molecule has 1 amide bonds. The predicted molar refractivity (Wildman–Crippen MR) is 106 cm³/mol. The van der Waals surface area contributed by atoms with Gasteiger partial charge in [0.1, 0.15) is 0 Å². The van der Waals surface area contributed by atoms with Crippen molar-refractivity contribution in [2.45, 2.75) is 32.3 Å². The van der Waals surface area contributed by atoms with Crippen molar-refractivity contribution >= 4 is 32.6 Å². The molecule has 0 saturated carbocycles. The van der Waals surface area contributed by atoms with E-state index in [1.165, 1.54) is 5.56 Å². The van der Waals surface area contributed by atoms with Gasteiger partial charge < -0.3 is 4.74 Å². The summed E-state index contributed by atoms with van der Waals surface area (Å²) in [7, 11) is 0. The van der Waals surface area contributed by atoms with E-state index in [2.05, 4.69) is 19.1 Å². The first-order chi connectivity index (χ1) is 12.7.